The molecule has 1 aliphatic heterocycles. The van der Waals surface area contributed by atoms with E-state index >= 15 is 0 Å². The monoisotopic (exact) mass is 287 g/mol. The van der Waals surface area contributed by atoms with E-state index in [9.17, 15) is 4.79 Å². The number of hydrogen-bond donors (Lipinski definition) is 1. The maximum Gasteiger partial charge on any atom is 0.184 e. The molecule has 0 bridgehead atoms. The lowest BCUT2D eigenvalue weighted by atomic mass is 10.1. The lowest BCUT2D eigenvalue weighted by Crippen LogP contribution is -2.39. The largest absolute Gasteiger partial charge is 0.375 e. The number of nitrogens with zero attached hydrogens (tertiary/aromatic N) is 2. The van der Waals surface area contributed by atoms with Gasteiger partial charge in [-0.1, -0.05) is 0 Å². The highest BCUT2D eigenvalue weighted by atomic mass is 79.9. The summed E-state index contributed by atoms with van der Waals surface area (Å²) in [6, 6.07) is 0. The molecule has 5 nitrogen and oxygen atoms in total. The molecule has 6 heteroatoms. The molecule has 1 aliphatic rings. The number of ether oxygens (including phenoxy) is 1. The Morgan fingerprint density at radius 3 is 3.19 bits per heavy atom. The molecule has 0 radical (unpaired) electrons. The molecule has 16 heavy (non-hydrogen) atoms. The SMILES string of the molecule is Cn1ncc(Br)c1C(=O)CC1CNCCO1. The van der Waals surface area contributed by atoms with Gasteiger partial charge in [-0.05, 0) is 15.9 Å². The van der Waals surface area contributed by atoms with Gasteiger partial charge in [-0.15, -0.1) is 0 Å². The second-order valence-electron chi connectivity index (χ2n) is 3.79. The quantitative estimate of drug-likeness (QED) is 0.834. The maximum atomic E-state index is 12.0. The van der Waals surface area contributed by atoms with Crippen LogP contribution in [0.4, 0.5) is 0 Å². The van der Waals surface area contributed by atoms with Crippen LogP contribution in [-0.2, 0) is 11.8 Å². The van der Waals surface area contributed by atoms with Gasteiger partial charge in [-0.3, -0.25) is 9.48 Å². The first-order valence-electron chi connectivity index (χ1n) is 5.21. The number of halogens is 1. The maximum absolute atomic E-state index is 12.0. The summed E-state index contributed by atoms with van der Waals surface area (Å²) in [6.45, 7) is 2.27. The summed E-state index contributed by atoms with van der Waals surface area (Å²) in [6.07, 6.45) is 2.00. The van der Waals surface area contributed by atoms with Gasteiger partial charge in [-0.25, -0.2) is 0 Å². The zero-order chi connectivity index (χ0) is 11.5. The third-order valence-electron chi connectivity index (χ3n) is 2.58. The van der Waals surface area contributed by atoms with Crippen molar-refractivity contribution in [1.82, 2.24) is 15.1 Å². The molecule has 1 unspecified atom stereocenters. The molecule has 0 aromatic carbocycles. The average molecular weight is 288 g/mol. The van der Waals surface area contributed by atoms with E-state index in [0.717, 1.165) is 17.6 Å². The first-order chi connectivity index (χ1) is 7.68. The van der Waals surface area contributed by atoms with Crippen LogP contribution in [0.15, 0.2) is 10.7 Å². The van der Waals surface area contributed by atoms with E-state index in [2.05, 4.69) is 26.3 Å². The summed E-state index contributed by atoms with van der Waals surface area (Å²) in [5, 5.41) is 7.23. The van der Waals surface area contributed by atoms with E-state index in [0.29, 0.717) is 18.7 Å². The van der Waals surface area contributed by atoms with Crippen molar-refractivity contribution in [2.24, 2.45) is 7.05 Å². The Bertz CT molecular complexity index is 366. The fraction of sp³-hybridized carbons (Fsp3) is 0.600. The highest BCUT2D eigenvalue weighted by molar-refractivity contribution is 9.10. The number of nitrogens with one attached hydrogen (secondary N) is 1. The van der Waals surface area contributed by atoms with Gasteiger partial charge in [0.15, 0.2) is 5.78 Å². The lowest BCUT2D eigenvalue weighted by Gasteiger charge is -2.22. The summed E-state index contributed by atoms with van der Waals surface area (Å²) in [5.41, 5.74) is 0.606. The van der Waals surface area contributed by atoms with Crippen molar-refractivity contribution in [1.29, 1.82) is 0 Å². The molecular weight excluding hydrogens is 274 g/mol. The van der Waals surface area contributed by atoms with Gasteiger partial charge in [0.05, 0.1) is 23.4 Å². The van der Waals surface area contributed by atoms with Crippen molar-refractivity contribution in [2.75, 3.05) is 19.7 Å². The van der Waals surface area contributed by atoms with Crippen LogP contribution in [-0.4, -0.2) is 41.4 Å². The predicted molar refractivity (Wildman–Crippen MR) is 62.5 cm³/mol. The Kier molecular flexibility index (Phi) is 3.73. The first-order valence-corrected chi connectivity index (χ1v) is 6.01. The molecule has 2 heterocycles. The van der Waals surface area contributed by atoms with Crippen LogP contribution in [0.5, 0.6) is 0 Å². The van der Waals surface area contributed by atoms with Gasteiger partial charge < -0.3 is 10.1 Å². The number of rotatable bonds is 3. The van der Waals surface area contributed by atoms with Gasteiger partial charge in [0, 0.05) is 26.6 Å². The number of carbonyl (C=O) groups excluding carboxylic acids is 1. The van der Waals surface area contributed by atoms with E-state index in [1.54, 1.807) is 17.9 Å². The summed E-state index contributed by atoms with van der Waals surface area (Å²) in [7, 11) is 1.76. The van der Waals surface area contributed by atoms with Crippen molar-refractivity contribution in [2.45, 2.75) is 12.5 Å². The molecule has 88 valence electrons. The number of Topliss-reactive ketones (excluding diaryl/α,β-unsaturated/α-hetero) is 1. The molecule has 0 aliphatic carbocycles. The Morgan fingerprint density at radius 1 is 1.81 bits per heavy atom. The number of aromatic nitrogens is 2. The molecule has 1 N–H and O–H groups in total. The van der Waals surface area contributed by atoms with Gasteiger partial charge in [-0.2, -0.15) is 5.10 Å². The Morgan fingerprint density at radius 2 is 2.62 bits per heavy atom. The highest BCUT2D eigenvalue weighted by Crippen LogP contribution is 2.18. The van der Waals surface area contributed by atoms with E-state index in [-0.39, 0.29) is 11.9 Å². The van der Waals surface area contributed by atoms with Gasteiger partial charge >= 0.3 is 0 Å². The van der Waals surface area contributed by atoms with Crippen molar-refractivity contribution in [3.05, 3.63) is 16.4 Å². The molecule has 1 atom stereocenters. The summed E-state index contributed by atoms with van der Waals surface area (Å²) < 4.78 is 7.82. The van der Waals surface area contributed by atoms with Crippen molar-refractivity contribution < 1.29 is 9.53 Å². The summed E-state index contributed by atoms with van der Waals surface area (Å²) in [5.74, 6) is 0.0561. The molecule has 1 aromatic rings. The lowest BCUT2D eigenvalue weighted by molar-refractivity contribution is 0.0237. The third-order valence-corrected chi connectivity index (χ3v) is 3.16. The normalized spacial score (nSPS) is 21.0. The standard InChI is InChI=1S/C10H14BrN3O2/c1-14-10(8(11)6-13-14)9(15)4-7-5-12-2-3-16-7/h6-7,12H,2-5H2,1H3. The van der Waals surface area contributed by atoms with Crippen LogP contribution < -0.4 is 5.32 Å². The zero-order valence-electron chi connectivity index (χ0n) is 9.07. The van der Waals surface area contributed by atoms with E-state index < -0.39 is 0 Å². The number of hydrogen-bond acceptors (Lipinski definition) is 4. The van der Waals surface area contributed by atoms with Crippen molar-refractivity contribution in [3.63, 3.8) is 0 Å². The molecule has 0 saturated carbocycles. The predicted octanol–water partition coefficient (Wildman–Crippen LogP) is 0.744. The van der Waals surface area contributed by atoms with Crippen LogP contribution in [0.3, 0.4) is 0 Å². The third kappa shape index (κ3) is 2.50. The molecule has 0 amide bonds. The van der Waals surface area contributed by atoms with Crippen LogP contribution in [0.1, 0.15) is 16.9 Å². The van der Waals surface area contributed by atoms with Gasteiger partial charge in [0.1, 0.15) is 5.69 Å². The Balaban J connectivity index is 2.02. The number of aryl methyl sites for hydroxylation is 1. The van der Waals surface area contributed by atoms with E-state index in [1.165, 1.54) is 0 Å². The smallest absolute Gasteiger partial charge is 0.184 e. The second-order valence-corrected chi connectivity index (χ2v) is 4.64. The Labute approximate surface area is 102 Å². The highest BCUT2D eigenvalue weighted by Gasteiger charge is 2.22. The molecule has 1 fully saturated rings. The fourth-order valence-electron chi connectivity index (χ4n) is 1.78. The molecular formula is C10H14BrN3O2. The minimum Gasteiger partial charge on any atom is -0.375 e. The molecule has 1 aromatic heterocycles. The average Bonchev–Trinajstić information content (AvgIpc) is 2.60. The summed E-state index contributed by atoms with van der Waals surface area (Å²) in [4.78, 5) is 12.0. The van der Waals surface area contributed by atoms with Crippen molar-refractivity contribution >= 4 is 21.7 Å². The first kappa shape index (κ1) is 11.8. The topological polar surface area (TPSA) is 56.2 Å². The number of morpholine rings is 1. The second kappa shape index (κ2) is 5.07. The molecule has 0 spiro atoms. The van der Waals surface area contributed by atoms with Crippen LogP contribution >= 0.6 is 15.9 Å². The fourth-order valence-corrected chi connectivity index (χ4v) is 2.35. The molecule has 2 rings (SSSR count). The molecule has 1 saturated heterocycles. The van der Waals surface area contributed by atoms with Crippen LogP contribution in [0, 0.1) is 0 Å². The number of ketones is 1. The minimum atomic E-state index is -0.0250. The number of carbonyl (C=O) groups is 1. The minimum absolute atomic E-state index is 0.0250. The van der Waals surface area contributed by atoms with Gasteiger partial charge in [0.25, 0.3) is 0 Å². The van der Waals surface area contributed by atoms with Crippen LogP contribution in [0.2, 0.25) is 0 Å². The summed E-state index contributed by atoms with van der Waals surface area (Å²) >= 11 is 3.32. The Hall–Kier alpha value is -0.720. The van der Waals surface area contributed by atoms with E-state index in [4.69, 9.17) is 4.74 Å². The van der Waals surface area contributed by atoms with Gasteiger partial charge in [0.2, 0.25) is 0 Å². The van der Waals surface area contributed by atoms with E-state index in [1.807, 2.05) is 0 Å². The zero-order valence-corrected chi connectivity index (χ0v) is 10.7. The van der Waals surface area contributed by atoms with Crippen LogP contribution in [0.25, 0.3) is 0 Å². The van der Waals surface area contributed by atoms with Crippen molar-refractivity contribution in [3.8, 4) is 0 Å².